The Labute approximate surface area is 160 Å². The first-order valence-electron chi connectivity index (χ1n) is 10.4. The molecule has 144 valence electrons. The Bertz CT molecular complexity index is 826. The van der Waals surface area contributed by atoms with Crippen molar-refractivity contribution in [2.75, 3.05) is 39.3 Å². The molecule has 3 fully saturated rings. The molecule has 2 atom stereocenters. The van der Waals surface area contributed by atoms with Gasteiger partial charge in [0, 0.05) is 36.7 Å². The molecule has 3 aliphatic heterocycles. The molecule has 27 heavy (non-hydrogen) atoms. The lowest BCUT2D eigenvalue weighted by atomic mass is 9.86. The second-order valence-corrected chi connectivity index (χ2v) is 8.65. The first kappa shape index (κ1) is 17.3. The average Bonchev–Trinajstić information content (AvgIpc) is 3.42. The van der Waals surface area contributed by atoms with Gasteiger partial charge in [0.15, 0.2) is 0 Å². The van der Waals surface area contributed by atoms with Crippen LogP contribution in [0.4, 0.5) is 0 Å². The van der Waals surface area contributed by atoms with E-state index >= 15 is 0 Å². The molecule has 3 saturated heterocycles. The van der Waals surface area contributed by atoms with Crippen molar-refractivity contribution >= 4 is 16.8 Å². The number of hydrogen-bond donors (Lipinski definition) is 1. The topological polar surface area (TPSA) is 48.6 Å². The molecule has 5 nitrogen and oxygen atoms in total. The summed E-state index contributed by atoms with van der Waals surface area (Å²) in [6.45, 7) is 6.08. The summed E-state index contributed by atoms with van der Waals surface area (Å²) in [4.78, 5) is 21.1. The molecule has 0 saturated carbocycles. The van der Waals surface area contributed by atoms with Crippen LogP contribution in [0.2, 0.25) is 0 Å². The summed E-state index contributed by atoms with van der Waals surface area (Å²) in [6, 6.07) is 8.04. The zero-order valence-corrected chi connectivity index (χ0v) is 16.0. The molecule has 0 radical (unpaired) electrons. The molecule has 5 rings (SSSR count). The third kappa shape index (κ3) is 3.27. The highest BCUT2D eigenvalue weighted by atomic mass is 16.5. The van der Waals surface area contributed by atoms with Gasteiger partial charge in [-0.05, 0) is 57.2 Å². The first-order chi connectivity index (χ1) is 13.2. The third-order valence-corrected chi connectivity index (χ3v) is 6.65. The van der Waals surface area contributed by atoms with Gasteiger partial charge in [-0.2, -0.15) is 0 Å². The van der Waals surface area contributed by atoms with Crippen molar-refractivity contribution in [3.8, 4) is 0 Å². The van der Waals surface area contributed by atoms with Gasteiger partial charge in [-0.15, -0.1) is 0 Å². The Morgan fingerprint density at radius 1 is 1.19 bits per heavy atom. The fourth-order valence-corrected chi connectivity index (χ4v) is 5.36. The van der Waals surface area contributed by atoms with Gasteiger partial charge in [-0.3, -0.25) is 4.79 Å². The van der Waals surface area contributed by atoms with Crippen LogP contribution in [0.1, 0.15) is 42.5 Å². The summed E-state index contributed by atoms with van der Waals surface area (Å²) in [5, 5.41) is 1.02. The largest absolute Gasteiger partial charge is 0.373 e. The lowest BCUT2D eigenvalue weighted by Crippen LogP contribution is -2.50. The highest BCUT2D eigenvalue weighted by molar-refractivity contribution is 6.06. The van der Waals surface area contributed by atoms with E-state index in [0.29, 0.717) is 5.92 Å². The normalized spacial score (nSPS) is 29.2. The van der Waals surface area contributed by atoms with Crippen molar-refractivity contribution in [3.63, 3.8) is 0 Å². The summed E-state index contributed by atoms with van der Waals surface area (Å²) in [6.07, 6.45) is 7.75. The molecule has 0 bridgehead atoms. The number of fused-ring (bicyclic) bond motifs is 1. The Morgan fingerprint density at radius 3 is 2.93 bits per heavy atom. The van der Waals surface area contributed by atoms with Crippen LogP contribution in [0, 0.1) is 5.92 Å². The summed E-state index contributed by atoms with van der Waals surface area (Å²) < 4.78 is 6.36. The van der Waals surface area contributed by atoms with E-state index in [0.717, 1.165) is 62.0 Å². The van der Waals surface area contributed by atoms with Crippen LogP contribution in [-0.2, 0) is 4.74 Å². The van der Waals surface area contributed by atoms with Gasteiger partial charge >= 0.3 is 0 Å². The molecule has 5 heteroatoms. The summed E-state index contributed by atoms with van der Waals surface area (Å²) in [7, 11) is 0. The van der Waals surface area contributed by atoms with Crippen molar-refractivity contribution in [2.24, 2.45) is 5.92 Å². The van der Waals surface area contributed by atoms with Crippen LogP contribution in [0.25, 0.3) is 10.9 Å². The van der Waals surface area contributed by atoms with E-state index in [-0.39, 0.29) is 11.5 Å². The van der Waals surface area contributed by atoms with E-state index in [1.54, 1.807) is 0 Å². The molecule has 1 N–H and O–H groups in total. The molecule has 0 aliphatic carbocycles. The third-order valence-electron chi connectivity index (χ3n) is 6.65. The highest BCUT2D eigenvalue weighted by Crippen LogP contribution is 2.38. The fraction of sp³-hybridized carbons (Fsp3) is 0.591. The number of piperidine rings is 1. The van der Waals surface area contributed by atoms with Gasteiger partial charge in [0.1, 0.15) is 0 Å². The number of amides is 1. The average molecular weight is 367 g/mol. The predicted octanol–water partition coefficient (Wildman–Crippen LogP) is 3.28. The number of rotatable bonds is 3. The van der Waals surface area contributed by atoms with Crippen molar-refractivity contribution < 1.29 is 9.53 Å². The number of nitrogens with zero attached hydrogens (tertiary/aromatic N) is 2. The molecular weight excluding hydrogens is 338 g/mol. The molecule has 4 heterocycles. The molecule has 2 aromatic rings. The molecular formula is C22H29N3O2. The summed E-state index contributed by atoms with van der Waals surface area (Å²) >= 11 is 0. The maximum Gasteiger partial charge on any atom is 0.256 e. The number of ether oxygens (including phenoxy) is 1. The van der Waals surface area contributed by atoms with Crippen molar-refractivity contribution in [1.82, 2.24) is 14.8 Å². The van der Waals surface area contributed by atoms with E-state index in [9.17, 15) is 4.79 Å². The minimum Gasteiger partial charge on any atom is -0.373 e. The monoisotopic (exact) mass is 367 g/mol. The fourth-order valence-electron chi connectivity index (χ4n) is 5.36. The number of likely N-dealkylation sites (tertiary alicyclic amines) is 2. The van der Waals surface area contributed by atoms with Crippen molar-refractivity contribution in [1.29, 1.82) is 0 Å². The number of aromatic nitrogens is 1. The number of carbonyl (C=O) groups is 1. The maximum absolute atomic E-state index is 13.2. The quantitative estimate of drug-likeness (QED) is 0.906. The van der Waals surface area contributed by atoms with Gasteiger partial charge in [-0.25, -0.2) is 0 Å². The van der Waals surface area contributed by atoms with E-state index in [1.807, 2.05) is 35.4 Å². The number of carbonyl (C=O) groups excluding carboxylic acids is 1. The van der Waals surface area contributed by atoms with Crippen LogP contribution < -0.4 is 0 Å². The Kier molecular flexibility index (Phi) is 4.44. The zero-order chi connectivity index (χ0) is 18.3. The molecule has 1 spiro atoms. The van der Waals surface area contributed by atoms with Crippen LogP contribution >= 0.6 is 0 Å². The number of aromatic amines is 1. The minimum absolute atomic E-state index is 0.121. The smallest absolute Gasteiger partial charge is 0.256 e. The molecule has 1 amide bonds. The number of H-pyrrole nitrogens is 1. The number of hydrogen-bond acceptors (Lipinski definition) is 3. The molecule has 3 aliphatic rings. The molecule has 2 unspecified atom stereocenters. The summed E-state index contributed by atoms with van der Waals surface area (Å²) in [5.74, 6) is 0.754. The Morgan fingerprint density at radius 2 is 2.04 bits per heavy atom. The zero-order valence-electron chi connectivity index (χ0n) is 16.0. The van der Waals surface area contributed by atoms with Gasteiger partial charge in [0.25, 0.3) is 5.91 Å². The van der Waals surface area contributed by atoms with Crippen LogP contribution in [0.15, 0.2) is 30.5 Å². The van der Waals surface area contributed by atoms with Gasteiger partial charge < -0.3 is 19.5 Å². The highest BCUT2D eigenvalue weighted by Gasteiger charge is 2.45. The molecule has 1 aromatic heterocycles. The van der Waals surface area contributed by atoms with Gasteiger partial charge in [0.2, 0.25) is 0 Å². The maximum atomic E-state index is 13.2. The standard InChI is InChI=1S/C22H29N3O2/c26-21(19-13-23-20-7-2-1-6-18(19)20)25-11-5-8-22(16-25)12-17(15-27-22)14-24-9-3-4-10-24/h1-2,6-7,13,17,23H,3-5,8-12,14-16H2. The number of para-hydroxylation sites is 1. The van der Waals surface area contributed by atoms with Crippen LogP contribution in [0.3, 0.4) is 0 Å². The summed E-state index contributed by atoms with van der Waals surface area (Å²) in [5.41, 5.74) is 1.69. The second-order valence-electron chi connectivity index (χ2n) is 8.65. The lowest BCUT2D eigenvalue weighted by molar-refractivity contribution is -0.0450. The molecule has 1 aromatic carbocycles. The van der Waals surface area contributed by atoms with Crippen LogP contribution in [0.5, 0.6) is 0 Å². The van der Waals surface area contributed by atoms with Crippen LogP contribution in [-0.4, -0.2) is 65.6 Å². The van der Waals surface area contributed by atoms with E-state index in [2.05, 4.69) is 9.88 Å². The predicted molar refractivity (Wildman–Crippen MR) is 106 cm³/mol. The Balaban J connectivity index is 1.28. The second kappa shape index (κ2) is 6.95. The van der Waals surface area contributed by atoms with Gasteiger partial charge in [-0.1, -0.05) is 18.2 Å². The number of nitrogens with one attached hydrogen (secondary N) is 1. The van der Waals surface area contributed by atoms with Gasteiger partial charge in [0.05, 0.1) is 17.8 Å². The minimum atomic E-state index is -0.121. The van der Waals surface area contributed by atoms with E-state index in [1.165, 1.54) is 25.9 Å². The Hall–Kier alpha value is -1.85. The van der Waals surface area contributed by atoms with Crippen molar-refractivity contribution in [2.45, 2.75) is 37.7 Å². The lowest BCUT2D eigenvalue weighted by Gasteiger charge is -2.40. The first-order valence-corrected chi connectivity index (χ1v) is 10.4. The van der Waals surface area contributed by atoms with E-state index < -0.39 is 0 Å². The number of benzene rings is 1. The van der Waals surface area contributed by atoms with Crippen molar-refractivity contribution in [3.05, 3.63) is 36.0 Å². The van der Waals surface area contributed by atoms with E-state index in [4.69, 9.17) is 4.74 Å². The SMILES string of the molecule is O=C(c1c[nH]c2ccccc12)N1CCCC2(CC(CN3CCCC3)CO2)C1.